The van der Waals surface area contributed by atoms with Gasteiger partial charge in [-0.15, -0.1) is 0 Å². The molecule has 0 aliphatic carbocycles. The minimum absolute atomic E-state index is 0.00856. The molecule has 2 aliphatic rings. The summed E-state index contributed by atoms with van der Waals surface area (Å²) in [6, 6.07) is 13.8. The number of anilines is 1. The molecule has 2 saturated heterocycles. The highest BCUT2D eigenvalue weighted by Crippen LogP contribution is 2.22. The van der Waals surface area contributed by atoms with Crippen molar-refractivity contribution in [2.24, 2.45) is 5.92 Å². The average molecular weight is 433 g/mol. The zero-order valence-corrected chi connectivity index (χ0v) is 18.6. The number of carbonyl (C=O) groups excluding carboxylic acids is 2. The van der Waals surface area contributed by atoms with Crippen molar-refractivity contribution in [2.45, 2.75) is 38.6 Å². The lowest BCUT2D eigenvalue weighted by molar-refractivity contribution is -0.132. The Morgan fingerprint density at radius 2 is 1.72 bits per heavy atom. The fourth-order valence-electron chi connectivity index (χ4n) is 4.48. The van der Waals surface area contributed by atoms with Crippen molar-refractivity contribution < 1.29 is 9.59 Å². The first-order valence-corrected chi connectivity index (χ1v) is 11.7. The number of piperidine rings is 2. The molecule has 6 heteroatoms. The second kappa shape index (κ2) is 10.9. The topological polar surface area (TPSA) is 65.5 Å². The molecule has 0 bridgehead atoms. The number of aromatic nitrogens is 1. The molecule has 0 spiro atoms. The fraction of sp³-hybridized carbons (Fsp3) is 0.423. The van der Waals surface area contributed by atoms with Gasteiger partial charge in [-0.3, -0.25) is 9.59 Å². The number of carbonyl (C=O) groups is 2. The van der Waals surface area contributed by atoms with Crippen LogP contribution in [0.15, 0.2) is 54.7 Å². The van der Waals surface area contributed by atoms with Crippen LogP contribution >= 0.6 is 0 Å². The summed E-state index contributed by atoms with van der Waals surface area (Å²) in [4.78, 5) is 34.0. The first-order valence-electron chi connectivity index (χ1n) is 11.7. The standard InChI is InChI=1S/C26H32N4O2/c31-24(12-11-21-8-3-1-4-9-21)29-18-13-22(14-19-29)26(32)28-20-23-10-7-15-27-25(23)30-16-5-2-6-17-30/h1,3-4,7-12,15,22H,2,5-6,13-14,16-20H2,(H,28,32)/b12-11+. The number of nitrogens with zero attached hydrogens (tertiary/aromatic N) is 3. The van der Waals surface area contributed by atoms with Crippen LogP contribution in [-0.4, -0.2) is 47.9 Å². The van der Waals surface area contributed by atoms with Crippen LogP contribution in [0.2, 0.25) is 0 Å². The van der Waals surface area contributed by atoms with E-state index in [-0.39, 0.29) is 17.7 Å². The van der Waals surface area contributed by atoms with Crippen LogP contribution in [0, 0.1) is 5.92 Å². The lowest BCUT2D eigenvalue weighted by Crippen LogP contribution is -2.42. The Bertz CT molecular complexity index is 930. The van der Waals surface area contributed by atoms with E-state index < -0.39 is 0 Å². The Morgan fingerprint density at radius 3 is 2.47 bits per heavy atom. The van der Waals surface area contributed by atoms with E-state index in [0.29, 0.717) is 32.5 Å². The second-order valence-corrected chi connectivity index (χ2v) is 8.60. The highest BCUT2D eigenvalue weighted by molar-refractivity contribution is 5.92. The molecule has 1 aromatic carbocycles. The Balaban J connectivity index is 1.25. The third kappa shape index (κ3) is 5.75. The molecule has 0 atom stereocenters. The molecule has 0 radical (unpaired) electrons. The molecular weight excluding hydrogens is 400 g/mol. The van der Waals surface area contributed by atoms with Gasteiger partial charge >= 0.3 is 0 Å². The number of benzene rings is 1. The van der Waals surface area contributed by atoms with Crippen molar-refractivity contribution in [2.75, 3.05) is 31.1 Å². The zero-order chi connectivity index (χ0) is 22.2. The quantitative estimate of drug-likeness (QED) is 0.708. The van der Waals surface area contributed by atoms with Gasteiger partial charge in [0, 0.05) is 56.5 Å². The molecule has 2 aliphatic heterocycles. The first-order chi connectivity index (χ1) is 15.7. The van der Waals surface area contributed by atoms with Crippen LogP contribution in [0.5, 0.6) is 0 Å². The van der Waals surface area contributed by atoms with Gasteiger partial charge in [0.1, 0.15) is 5.82 Å². The van der Waals surface area contributed by atoms with Gasteiger partial charge < -0.3 is 15.1 Å². The predicted octanol–water partition coefficient (Wildman–Crippen LogP) is 3.64. The van der Waals surface area contributed by atoms with E-state index >= 15 is 0 Å². The summed E-state index contributed by atoms with van der Waals surface area (Å²) in [5.41, 5.74) is 2.08. The van der Waals surface area contributed by atoms with Crippen LogP contribution in [0.3, 0.4) is 0 Å². The van der Waals surface area contributed by atoms with Gasteiger partial charge in [-0.2, -0.15) is 0 Å². The smallest absolute Gasteiger partial charge is 0.246 e. The summed E-state index contributed by atoms with van der Waals surface area (Å²) in [5, 5.41) is 3.12. The molecule has 1 aromatic heterocycles. The van der Waals surface area contributed by atoms with Gasteiger partial charge in [0.15, 0.2) is 0 Å². The third-order valence-corrected chi connectivity index (χ3v) is 6.37. The lowest BCUT2D eigenvalue weighted by atomic mass is 9.95. The maximum atomic E-state index is 12.8. The molecule has 0 unspecified atom stereocenters. The first kappa shape index (κ1) is 22.1. The van der Waals surface area contributed by atoms with Gasteiger partial charge in [-0.1, -0.05) is 36.4 Å². The molecule has 6 nitrogen and oxygen atoms in total. The van der Waals surface area contributed by atoms with Gasteiger partial charge in [0.25, 0.3) is 0 Å². The Hall–Kier alpha value is -3.15. The summed E-state index contributed by atoms with van der Waals surface area (Å²) in [7, 11) is 0. The maximum absolute atomic E-state index is 12.8. The van der Waals surface area contributed by atoms with Crippen molar-refractivity contribution >= 4 is 23.7 Å². The van der Waals surface area contributed by atoms with E-state index in [1.54, 1.807) is 6.08 Å². The number of amides is 2. The van der Waals surface area contributed by atoms with E-state index in [1.165, 1.54) is 19.3 Å². The van der Waals surface area contributed by atoms with Crippen molar-refractivity contribution in [3.05, 3.63) is 65.9 Å². The Kier molecular flexibility index (Phi) is 7.54. The minimum Gasteiger partial charge on any atom is -0.356 e. The van der Waals surface area contributed by atoms with E-state index in [1.807, 2.05) is 53.6 Å². The van der Waals surface area contributed by atoms with Crippen LogP contribution in [0.25, 0.3) is 6.08 Å². The molecule has 1 N–H and O–H groups in total. The molecule has 2 aromatic rings. The molecule has 0 saturated carbocycles. The molecule has 4 rings (SSSR count). The number of nitrogens with one attached hydrogen (secondary N) is 1. The second-order valence-electron chi connectivity index (χ2n) is 8.60. The van der Waals surface area contributed by atoms with Crippen LogP contribution in [0.4, 0.5) is 5.82 Å². The average Bonchev–Trinajstić information content (AvgIpc) is 2.87. The number of pyridine rings is 1. The third-order valence-electron chi connectivity index (χ3n) is 6.37. The lowest BCUT2D eigenvalue weighted by Gasteiger charge is -2.31. The summed E-state index contributed by atoms with van der Waals surface area (Å²) in [6.07, 6.45) is 10.4. The van der Waals surface area contributed by atoms with Crippen LogP contribution in [0.1, 0.15) is 43.2 Å². The van der Waals surface area contributed by atoms with Gasteiger partial charge in [-0.25, -0.2) is 4.98 Å². The highest BCUT2D eigenvalue weighted by atomic mass is 16.2. The van der Waals surface area contributed by atoms with E-state index in [2.05, 4.69) is 21.3 Å². The van der Waals surface area contributed by atoms with E-state index in [9.17, 15) is 9.59 Å². The highest BCUT2D eigenvalue weighted by Gasteiger charge is 2.26. The molecule has 32 heavy (non-hydrogen) atoms. The van der Waals surface area contributed by atoms with Crippen molar-refractivity contribution in [3.8, 4) is 0 Å². The Labute approximate surface area is 190 Å². The zero-order valence-electron chi connectivity index (χ0n) is 18.6. The Morgan fingerprint density at radius 1 is 0.969 bits per heavy atom. The molecule has 2 amide bonds. The minimum atomic E-state index is -0.0488. The largest absolute Gasteiger partial charge is 0.356 e. The van der Waals surface area contributed by atoms with Crippen molar-refractivity contribution in [1.82, 2.24) is 15.2 Å². The monoisotopic (exact) mass is 432 g/mol. The fourth-order valence-corrected chi connectivity index (χ4v) is 4.48. The van der Waals surface area contributed by atoms with Gasteiger partial charge in [0.05, 0.1) is 0 Å². The van der Waals surface area contributed by atoms with Crippen LogP contribution in [-0.2, 0) is 16.1 Å². The predicted molar refractivity (Wildman–Crippen MR) is 127 cm³/mol. The summed E-state index contributed by atoms with van der Waals surface area (Å²) >= 11 is 0. The number of rotatable bonds is 6. The SMILES string of the molecule is O=C(NCc1cccnc1N1CCCCC1)C1CCN(C(=O)/C=C/c2ccccc2)CC1. The maximum Gasteiger partial charge on any atom is 0.246 e. The summed E-state index contributed by atoms with van der Waals surface area (Å²) < 4.78 is 0. The summed E-state index contributed by atoms with van der Waals surface area (Å²) in [6.45, 7) is 3.79. The van der Waals surface area contributed by atoms with Crippen molar-refractivity contribution in [3.63, 3.8) is 0 Å². The van der Waals surface area contributed by atoms with Crippen molar-refractivity contribution in [1.29, 1.82) is 0 Å². The van der Waals surface area contributed by atoms with Gasteiger partial charge in [-0.05, 0) is 49.8 Å². The van der Waals surface area contributed by atoms with E-state index in [4.69, 9.17) is 0 Å². The normalized spacial score (nSPS) is 17.5. The molecule has 2 fully saturated rings. The number of likely N-dealkylation sites (tertiary alicyclic amines) is 1. The van der Waals surface area contributed by atoms with Gasteiger partial charge in [0.2, 0.25) is 11.8 Å². The molecular formula is C26H32N4O2. The molecule has 168 valence electrons. The number of hydrogen-bond donors (Lipinski definition) is 1. The molecule has 3 heterocycles. The summed E-state index contributed by atoms with van der Waals surface area (Å²) in [5.74, 6) is 1.03. The van der Waals surface area contributed by atoms with E-state index in [0.717, 1.165) is 30.0 Å². The number of hydrogen-bond acceptors (Lipinski definition) is 4. The van der Waals surface area contributed by atoms with Crippen LogP contribution < -0.4 is 10.2 Å².